The second kappa shape index (κ2) is 7.61. The van der Waals surface area contributed by atoms with Crippen molar-refractivity contribution in [2.75, 3.05) is 13.1 Å². The summed E-state index contributed by atoms with van der Waals surface area (Å²) in [4.78, 5) is 0.339. The third-order valence-corrected chi connectivity index (χ3v) is 7.45. The molecule has 2 heterocycles. The van der Waals surface area contributed by atoms with Crippen LogP contribution in [-0.4, -0.2) is 31.0 Å². The molecular formula is C23H24N2O3S. The molecule has 0 unspecified atom stereocenters. The van der Waals surface area contributed by atoms with Gasteiger partial charge in [0.15, 0.2) is 0 Å². The topological polar surface area (TPSA) is 63.4 Å². The minimum atomic E-state index is -3.60. The summed E-state index contributed by atoms with van der Waals surface area (Å²) in [5.41, 5.74) is 5.50. The fourth-order valence-corrected chi connectivity index (χ4v) is 5.48. The predicted molar refractivity (Wildman–Crippen MR) is 114 cm³/mol. The van der Waals surface area contributed by atoms with E-state index in [2.05, 4.69) is 17.3 Å². The van der Waals surface area contributed by atoms with Crippen LogP contribution in [0.3, 0.4) is 0 Å². The number of rotatable bonds is 4. The van der Waals surface area contributed by atoms with Crippen molar-refractivity contribution in [2.45, 2.75) is 32.1 Å². The van der Waals surface area contributed by atoms with Crippen LogP contribution in [0.15, 0.2) is 64.0 Å². The molecule has 29 heavy (non-hydrogen) atoms. The third kappa shape index (κ3) is 3.66. The number of benzene rings is 2. The molecule has 0 fully saturated rings. The van der Waals surface area contributed by atoms with Crippen LogP contribution in [0.2, 0.25) is 0 Å². The van der Waals surface area contributed by atoms with Crippen LogP contribution in [-0.2, 0) is 10.0 Å². The Morgan fingerprint density at radius 1 is 1.00 bits per heavy atom. The summed E-state index contributed by atoms with van der Waals surface area (Å²) in [6.07, 6.45) is 2.72. The molecule has 0 saturated heterocycles. The lowest BCUT2D eigenvalue weighted by Gasteiger charge is -2.27. The van der Waals surface area contributed by atoms with Crippen molar-refractivity contribution in [3.05, 3.63) is 77.2 Å². The Balaban J connectivity index is 1.66. The molecule has 0 radical (unpaired) electrons. The lowest BCUT2D eigenvalue weighted by atomic mass is 10.0. The second-order valence-electron chi connectivity index (χ2n) is 7.39. The van der Waals surface area contributed by atoms with Gasteiger partial charge in [0.05, 0.1) is 10.6 Å². The number of sulfonamides is 1. The molecule has 3 aromatic rings. The van der Waals surface area contributed by atoms with Gasteiger partial charge in [0.2, 0.25) is 10.0 Å². The van der Waals surface area contributed by atoms with Crippen molar-refractivity contribution < 1.29 is 12.9 Å². The van der Waals surface area contributed by atoms with Gasteiger partial charge in [0, 0.05) is 18.7 Å². The lowest BCUT2D eigenvalue weighted by molar-refractivity contribution is 0.393. The van der Waals surface area contributed by atoms with Crippen molar-refractivity contribution >= 4 is 15.6 Å². The van der Waals surface area contributed by atoms with Crippen LogP contribution in [0.25, 0.3) is 16.7 Å². The smallest absolute Gasteiger partial charge is 0.243 e. The summed E-state index contributed by atoms with van der Waals surface area (Å²) in [7, 11) is -3.60. The molecular weight excluding hydrogens is 384 g/mol. The van der Waals surface area contributed by atoms with Crippen molar-refractivity contribution in [3.63, 3.8) is 0 Å². The van der Waals surface area contributed by atoms with E-state index in [1.165, 1.54) is 5.57 Å². The highest BCUT2D eigenvalue weighted by atomic mass is 32.2. The molecule has 1 aromatic heterocycles. The van der Waals surface area contributed by atoms with Crippen molar-refractivity contribution in [3.8, 4) is 11.1 Å². The molecule has 4 rings (SSSR count). The van der Waals surface area contributed by atoms with Crippen LogP contribution < -0.4 is 0 Å². The van der Waals surface area contributed by atoms with Crippen LogP contribution >= 0.6 is 0 Å². The van der Waals surface area contributed by atoms with Gasteiger partial charge in [-0.3, -0.25) is 0 Å². The first-order chi connectivity index (χ1) is 13.9. The first-order valence-electron chi connectivity index (χ1n) is 9.66. The molecule has 0 atom stereocenters. The van der Waals surface area contributed by atoms with Gasteiger partial charge in [-0.2, -0.15) is 4.31 Å². The van der Waals surface area contributed by atoms with E-state index < -0.39 is 10.0 Å². The zero-order valence-electron chi connectivity index (χ0n) is 16.8. The Morgan fingerprint density at radius 3 is 2.38 bits per heavy atom. The van der Waals surface area contributed by atoms with Gasteiger partial charge < -0.3 is 4.52 Å². The zero-order chi connectivity index (χ0) is 20.6. The molecule has 0 N–H and O–H groups in total. The summed E-state index contributed by atoms with van der Waals surface area (Å²) in [5, 5.41) is 3.99. The molecule has 5 nitrogen and oxygen atoms in total. The van der Waals surface area contributed by atoms with Crippen molar-refractivity contribution in [1.82, 2.24) is 9.46 Å². The van der Waals surface area contributed by atoms with Gasteiger partial charge in [-0.1, -0.05) is 53.7 Å². The highest BCUT2D eigenvalue weighted by molar-refractivity contribution is 7.89. The SMILES string of the molecule is Cc1ccc(-c2c(C)noc2C)cc1S(=O)(=O)N1CC=C(c2ccccc2)CC1. The summed E-state index contributed by atoms with van der Waals surface area (Å²) in [6, 6.07) is 15.6. The summed E-state index contributed by atoms with van der Waals surface area (Å²) in [6.45, 7) is 6.38. The van der Waals surface area contributed by atoms with Crippen LogP contribution in [0.5, 0.6) is 0 Å². The van der Waals surface area contributed by atoms with E-state index >= 15 is 0 Å². The predicted octanol–water partition coefficient (Wildman–Crippen LogP) is 4.74. The maximum absolute atomic E-state index is 13.4. The lowest BCUT2D eigenvalue weighted by Crippen LogP contribution is -2.35. The summed E-state index contributed by atoms with van der Waals surface area (Å²) in [5.74, 6) is 0.683. The minimum Gasteiger partial charge on any atom is -0.361 e. The largest absolute Gasteiger partial charge is 0.361 e. The van der Waals surface area contributed by atoms with Gasteiger partial charge in [-0.05, 0) is 55.5 Å². The van der Waals surface area contributed by atoms with E-state index in [0.29, 0.717) is 30.2 Å². The molecule has 0 aliphatic carbocycles. The normalized spacial score (nSPS) is 15.3. The molecule has 0 spiro atoms. The molecule has 0 amide bonds. The highest BCUT2D eigenvalue weighted by Gasteiger charge is 2.28. The molecule has 1 aliphatic heterocycles. The standard InChI is InChI=1S/C23H24N2O3S/c1-16-9-10-21(23-17(2)24-28-18(23)3)15-22(16)29(26,27)25-13-11-20(12-14-25)19-7-5-4-6-8-19/h4-11,15H,12-14H2,1-3H3. The van der Waals surface area contributed by atoms with Gasteiger partial charge in [0.25, 0.3) is 0 Å². The molecule has 1 aliphatic rings. The Hall–Kier alpha value is -2.70. The summed E-state index contributed by atoms with van der Waals surface area (Å²) >= 11 is 0. The second-order valence-corrected chi connectivity index (χ2v) is 9.29. The number of nitrogens with zero attached hydrogens (tertiary/aromatic N) is 2. The van der Waals surface area contributed by atoms with E-state index in [4.69, 9.17) is 4.52 Å². The zero-order valence-corrected chi connectivity index (χ0v) is 17.7. The Bertz CT molecular complexity index is 1160. The first-order valence-corrected chi connectivity index (χ1v) is 11.1. The Kier molecular flexibility index (Phi) is 5.15. The van der Waals surface area contributed by atoms with E-state index in [1.54, 1.807) is 10.4 Å². The fraction of sp³-hybridized carbons (Fsp3) is 0.261. The van der Waals surface area contributed by atoms with Gasteiger partial charge in [0.1, 0.15) is 5.76 Å². The van der Waals surface area contributed by atoms with Gasteiger partial charge >= 0.3 is 0 Å². The average molecular weight is 409 g/mol. The molecule has 2 aromatic carbocycles. The van der Waals surface area contributed by atoms with E-state index in [0.717, 1.165) is 27.9 Å². The molecule has 0 saturated carbocycles. The van der Waals surface area contributed by atoms with Crippen molar-refractivity contribution in [1.29, 1.82) is 0 Å². The molecule has 0 bridgehead atoms. The average Bonchev–Trinajstić information content (AvgIpc) is 3.07. The van der Waals surface area contributed by atoms with E-state index in [9.17, 15) is 8.42 Å². The quantitative estimate of drug-likeness (QED) is 0.625. The van der Waals surface area contributed by atoms with Gasteiger partial charge in [-0.15, -0.1) is 0 Å². The molecule has 6 heteroatoms. The number of aromatic nitrogens is 1. The number of hydrogen-bond acceptors (Lipinski definition) is 4. The number of aryl methyl sites for hydroxylation is 3. The third-order valence-electron chi connectivity index (χ3n) is 5.44. The van der Waals surface area contributed by atoms with E-state index in [-0.39, 0.29) is 0 Å². The summed E-state index contributed by atoms with van der Waals surface area (Å²) < 4.78 is 33.6. The Morgan fingerprint density at radius 2 is 1.76 bits per heavy atom. The van der Waals surface area contributed by atoms with Crippen molar-refractivity contribution in [2.24, 2.45) is 0 Å². The fourth-order valence-electron chi connectivity index (χ4n) is 3.85. The monoisotopic (exact) mass is 408 g/mol. The van der Waals surface area contributed by atoms with E-state index in [1.807, 2.05) is 57.2 Å². The highest BCUT2D eigenvalue weighted by Crippen LogP contribution is 2.32. The maximum atomic E-state index is 13.4. The van der Waals surface area contributed by atoms with Gasteiger partial charge in [-0.25, -0.2) is 8.42 Å². The van der Waals surface area contributed by atoms with Crippen LogP contribution in [0.1, 0.15) is 29.0 Å². The maximum Gasteiger partial charge on any atom is 0.243 e. The Labute approximate surface area is 171 Å². The van der Waals surface area contributed by atoms with Crippen LogP contribution in [0, 0.1) is 20.8 Å². The van der Waals surface area contributed by atoms with Crippen LogP contribution in [0.4, 0.5) is 0 Å². The number of hydrogen-bond donors (Lipinski definition) is 0. The minimum absolute atomic E-state index is 0.339. The molecule has 150 valence electrons. The first kappa shape index (κ1) is 19.6.